The van der Waals surface area contributed by atoms with Gasteiger partial charge in [-0.25, -0.2) is 4.98 Å². The third kappa shape index (κ3) is 3.37. The average Bonchev–Trinajstić information content (AvgIpc) is 3.10. The minimum absolute atomic E-state index is 0.135. The molecule has 24 heavy (non-hydrogen) atoms. The number of hydrazine groups is 1. The summed E-state index contributed by atoms with van der Waals surface area (Å²) in [4.78, 5) is 23.3. The molecule has 3 unspecified atom stereocenters. The van der Waals surface area contributed by atoms with Crippen LogP contribution < -0.4 is 21.1 Å². The van der Waals surface area contributed by atoms with Gasteiger partial charge in [-0.3, -0.25) is 20.6 Å². The number of anilines is 1. The van der Waals surface area contributed by atoms with Gasteiger partial charge in [0, 0.05) is 50.0 Å². The molecule has 7 heteroatoms. The molecule has 2 aliphatic heterocycles. The zero-order valence-corrected chi connectivity index (χ0v) is 13.9. The highest BCUT2D eigenvalue weighted by Gasteiger charge is 2.35. The summed E-state index contributed by atoms with van der Waals surface area (Å²) in [5.74, 6) is 1.95. The standard InChI is InChI=1S/C17H26N6O/c24-17(21-14-1-2-15-13(9-14)10-20-22-15)12-3-7-23(8-4-12)16-11-18-5-6-19-16/h5-6,11-15,20,22H,1-4,7-10H2,(H,21,24). The third-order valence-electron chi connectivity index (χ3n) is 5.72. The van der Waals surface area contributed by atoms with E-state index in [2.05, 4.69) is 31.0 Å². The van der Waals surface area contributed by atoms with Gasteiger partial charge in [0.05, 0.1) is 6.20 Å². The summed E-state index contributed by atoms with van der Waals surface area (Å²) in [5, 5.41) is 3.31. The molecular weight excluding hydrogens is 304 g/mol. The SMILES string of the molecule is O=C(NC1CCC2NNCC2C1)C1CCN(c2cnccn2)CC1. The van der Waals surface area contributed by atoms with E-state index < -0.39 is 0 Å². The van der Waals surface area contributed by atoms with Gasteiger partial charge < -0.3 is 10.2 Å². The van der Waals surface area contributed by atoms with Crippen molar-refractivity contribution in [2.24, 2.45) is 11.8 Å². The Hall–Kier alpha value is -1.73. The van der Waals surface area contributed by atoms with Crippen molar-refractivity contribution in [3.8, 4) is 0 Å². The molecule has 0 bridgehead atoms. The van der Waals surface area contributed by atoms with E-state index in [0.717, 1.165) is 57.6 Å². The molecule has 1 saturated carbocycles. The van der Waals surface area contributed by atoms with Crippen molar-refractivity contribution >= 4 is 11.7 Å². The predicted molar refractivity (Wildman–Crippen MR) is 91.2 cm³/mol. The molecule has 3 atom stereocenters. The van der Waals surface area contributed by atoms with Crippen LogP contribution in [0, 0.1) is 11.8 Å². The van der Waals surface area contributed by atoms with Crippen LogP contribution in [0.15, 0.2) is 18.6 Å². The number of carbonyl (C=O) groups is 1. The Morgan fingerprint density at radius 3 is 2.88 bits per heavy atom. The van der Waals surface area contributed by atoms with Crippen LogP contribution in [-0.4, -0.2) is 47.6 Å². The second-order valence-corrected chi connectivity index (χ2v) is 7.24. The fourth-order valence-corrected chi connectivity index (χ4v) is 4.28. The van der Waals surface area contributed by atoms with Crippen molar-refractivity contribution < 1.29 is 4.79 Å². The molecule has 0 spiro atoms. The number of amides is 1. The Balaban J connectivity index is 1.26. The summed E-state index contributed by atoms with van der Waals surface area (Å²) >= 11 is 0. The zero-order valence-electron chi connectivity index (χ0n) is 13.9. The number of aromatic nitrogens is 2. The Morgan fingerprint density at radius 2 is 2.08 bits per heavy atom. The molecule has 130 valence electrons. The van der Waals surface area contributed by atoms with Crippen molar-refractivity contribution in [3.63, 3.8) is 0 Å². The maximum absolute atomic E-state index is 12.6. The van der Waals surface area contributed by atoms with Crippen molar-refractivity contribution in [2.45, 2.75) is 44.2 Å². The van der Waals surface area contributed by atoms with E-state index in [4.69, 9.17) is 0 Å². The molecule has 1 aromatic rings. The molecule has 4 rings (SSSR count). The number of piperidine rings is 1. The van der Waals surface area contributed by atoms with Crippen LogP contribution in [0.4, 0.5) is 5.82 Å². The van der Waals surface area contributed by atoms with Crippen LogP contribution in [0.1, 0.15) is 32.1 Å². The van der Waals surface area contributed by atoms with Crippen LogP contribution >= 0.6 is 0 Å². The lowest BCUT2D eigenvalue weighted by atomic mass is 9.82. The highest BCUT2D eigenvalue weighted by Crippen LogP contribution is 2.27. The van der Waals surface area contributed by atoms with Crippen LogP contribution in [0.5, 0.6) is 0 Å². The monoisotopic (exact) mass is 330 g/mol. The summed E-state index contributed by atoms with van der Waals surface area (Å²) in [6.45, 7) is 2.77. The van der Waals surface area contributed by atoms with Gasteiger partial charge >= 0.3 is 0 Å². The predicted octanol–water partition coefficient (Wildman–Crippen LogP) is 0.454. The summed E-state index contributed by atoms with van der Waals surface area (Å²) in [7, 11) is 0. The van der Waals surface area contributed by atoms with Crippen LogP contribution in [0.3, 0.4) is 0 Å². The van der Waals surface area contributed by atoms with Crippen molar-refractivity contribution in [2.75, 3.05) is 24.5 Å². The van der Waals surface area contributed by atoms with Crippen LogP contribution in [0.25, 0.3) is 0 Å². The van der Waals surface area contributed by atoms with Gasteiger partial charge in [0.1, 0.15) is 5.82 Å². The number of rotatable bonds is 3. The molecule has 3 heterocycles. The second kappa shape index (κ2) is 7.03. The first-order chi connectivity index (χ1) is 11.8. The van der Waals surface area contributed by atoms with Gasteiger partial charge in [-0.2, -0.15) is 0 Å². The number of hydrogen-bond donors (Lipinski definition) is 3. The smallest absolute Gasteiger partial charge is 0.223 e. The molecule has 1 amide bonds. The van der Waals surface area contributed by atoms with E-state index in [0.29, 0.717) is 18.0 Å². The minimum Gasteiger partial charge on any atom is -0.355 e. The molecule has 3 N–H and O–H groups in total. The highest BCUT2D eigenvalue weighted by molar-refractivity contribution is 5.79. The fraction of sp³-hybridized carbons (Fsp3) is 0.706. The lowest BCUT2D eigenvalue weighted by Crippen LogP contribution is -2.47. The van der Waals surface area contributed by atoms with Gasteiger partial charge in [0.2, 0.25) is 5.91 Å². The zero-order chi connectivity index (χ0) is 16.4. The van der Waals surface area contributed by atoms with Gasteiger partial charge in [0.25, 0.3) is 0 Å². The van der Waals surface area contributed by atoms with E-state index in [1.807, 2.05) is 0 Å². The van der Waals surface area contributed by atoms with Gasteiger partial charge in [-0.1, -0.05) is 0 Å². The second-order valence-electron chi connectivity index (χ2n) is 7.24. The van der Waals surface area contributed by atoms with Crippen molar-refractivity contribution in [3.05, 3.63) is 18.6 Å². The van der Waals surface area contributed by atoms with Gasteiger partial charge in [0.15, 0.2) is 0 Å². The molecule has 7 nitrogen and oxygen atoms in total. The number of nitrogens with one attached hydrogen (secondary N) is 3. The van der Waals surface area contributed by atoms with E-state index in [-0.39, 0.29) is 11.8 Å². The molecule has 2 saturated heterocycles. The summed E-state index contributed by atoms with van der Waals surface area (Å²) in [6.07, 6.45) is 10.3. The largest absolute Gasteiger partial charge is 0.355 e. The van der Waals surface area contributed by atoms with Crippen molar-refractivity contribution in [1.82, 2.24) is 26.1 Å². The van der Waals surface area contributed by atoms with E-state index in [1.54, 1.807) is 18.6 Å². The first-order valence-corrected chi connectivity index (χ1v) is 9.09. The molecule has 0 aromatic carbocycles. The Labute approximate surface area is 142 Å². The number of hydrogen-bond acceptors (Lipinski definition) is 6. The topological polar surface area (TPSA) is 82.2 Å². The van der Waals surface area contributed by atoms with E-state index >= 15 is 0 Å². The van der Waals surface area contributed by atoms with Gasteiger partial charge in [-0.05, 0) is 38.0 Å². The first kappa shape index (κ1) is 15.8. The number of fused-ring (bicyclic) bond motifs is 1. The molecule has 0 radical (unpaired) electrons. The lowest BCUT2D eigenvalue weighted by Gasteiger charge is -2.35. The Morgan fingerprint density at radius 1 is 1.21 bits per heavy atom. The van der Waals surface area contributed by atoms with Crippen LogP contribution in [0.2, 0.25) is 0 Å². The number of nitrogens with zero attached hydrogens (tertiary/aromatic N) is 3. The maximum Gasteiger partial charge on any atom is 0.223 e. The average molecular weight is 330 g/mol. The summed E-state index contributed by atoms with van der Waals surface area (Å²) < 4.78 is 0. The first-order valence-electron chi connectivity index (χ1n) is 9.09. The molecular formula is C17H26N6O. The summed E-state index contributed by atoms with van der Waals surface area (Å²) in [5.41, 5.74) is 6.58. The molecule has 1 aliphatic carbocycles. The summed E-state index contributed by atoms with van der Waals surface area (Å²) in [6, 6.07) is 0.937. The fourth-order valence-electron chi connectivity index (χ4n) is 4.28. The van der Waals surface area contributed by atoms with E-state index in [9.17, 15) is 4.79 Å². The molecule has 3 fully saturated rings. The Bertz CT molecular complexity index is 559. The quantitative estimate of drug-likeness (QED) is 0.747. The normalized spacial score (nSPS) is 30.8. The van der Waals surface area contributed by atoms with E-state index in [1.165, 1.54) is 0 Å². The molecule has 3 aliphatic rings. The maximum atomic E-state index is 12.6. The third-order valence-corrected chi connectivity index (χ3v) is 5.72. The van der Waals surface area contributed by atoms with Crippen molar-refractivity contribution in [1.29, 1.82) is 0 Å². The highest BCUT2D eigenvalue weighted by atomic mass is 16.1. The Kier molecular flexibility index (Phi) is 4.62. The number of carbonyl (C=O) groups excluding carboxylic acids is 1. The minimum atomic E-state index is 0.135. The van der Waals surface area contributed by atoms with Crippen LogP contribution in [-0.2, 0) is 4.79 Å². The lowest BCUT2D eigenvalue weighted by molar-refractivity contribution is -0.126. The van der Waals surface area contributed by atoms with Gasteiger partial charge in [-0.15, -0.1) is 0 Å². The molecule has 1 aromatic heterocycles.